The molecule has 0 fully saturated rings. The predicted molar refractivity (Wildman–Crippen MR) is 111 cm³/mol. The lowest BCUT2D eigenvalue weighted by Crippen LogP contribution is -2.12. The third-order valence-electron chi connectivity index (χ3n) is 4.03. The molecule has 0 aromatic heterocycles. The molecular formula is C21H25ClN2O4. The number of carbonyl (C=O) groups excluding carboxylic acids is 1. The quantitative estimate of drug-likeness (QED) is 0.384. The van der Waals surface area contributed by atoms with Gasteiger partial charge < -0.3 is 14.2 Å². The maximum atomic E-state index is 10.9. The molecule has 0 heterocycles. The summed E-state index contributed by atoms with van der Waals surface area (Å²) < 4.78 is 17.0. The Morgan fingerprint density at radius 3 is 2.64 bits per heavy atom. The van der Waals surface area contributed by atoms with Gasteiger partial charge in [-0.15, -0.1) is 0 Å². The van der Waals surface area contributed by atoms with E-state index < -0.39 is 0 Å². The molecule has 150 valence electrons. The second kappa shape index (κ2) is 10.6. The van der Waals surface area contributed by atoms with Crippen molar-refractivity contribution in [2.75, 3.05) is 20.3 Å². The Morgan fingerprint density at radius 1 is 1.18 bits per heavy atom. The number of rotatable bonds is 9. The predicted octanol–water partition coefficient (Wildman–Crippen LogP) is 4.28. The first kappa shape index (κ1) is 21.6. The molecule has 0 aliphatic rings. The number of nitrogens with one attached hydrogen (secondary N) is 1. The van der Waals surface area contributed by atoms with Crippen LogP contribution in [0.3, 0.4) is 0 Å². The topological polar surface area (TPSA) is 69.2 Å². The van der Waals surface area contributed by atoms with Crippen LogP contribution in [-0.4, -0.2) is 32.4 Å². The van der Waals surface area contributed by atoms with E-state index in [1.54, 1.807) is 12.1 Å². The van der Waals surface area contributed by atoms with Crippen molar-refractivity contribution in [3.63, 3.8) is 0 Å². The molecular weight excluding hydrogens is 380 g/mol. The third-order valence-corrected chi connectivity index (χ3v) is 4.32. The number of ether oxygens (including phenoxy) is 3. The summed E-state index contributed by atoms with van der Waals surface area (Å²) in [6.07, 6.45) is 2.18. The molecule has 0 atom stereocenters. The van der Waals surface area contributed by atoms with Crippen LogP contribution in [0.4, 0.5) is 0 Å². The van der Waals surface area contributed by atoms with Crippen molar-refractivity contribution in [3.05, 3.63) is 52.0 Å². The molecule has 1 amide bonds. The maximum absolute atomic E-state index is 10.9. The largest absolute Gasteiger partial charge is 0.493 e. The minimum atomic E-state index is -0.252. The number of nitrogens with zero attached hydrogens (tertiary/aromatic N) is 1. The van der Waals surface area contributed by atoms with E-state index >= 15 is 0 Å². The van der Waals surface area contributed by atoms with Crippen LogP contribution >= 0.6 is 11.6 Å². The van der Waals surface area contributed by atoms with Crippen LogP contribution < -0.4 is 19.6 Å². The molecule has 0 aliphatic carbocycles. The number of amides is 1. The van der Waals surface area contributed by atoms with Gasteiger partial charge in [0.1, 0.15) is 5.75 Å². The first-order valence-corrected chi connectivity index (χ1v) is 9.29. The van der Waals surface area contributed by atoms with Crippen molar-refractivity contribution in [2.45, 2.75) is 27.2 Å². The van der Waals surface area contributed by atoms with E-state index in [1.165, 1.54) is 25.8 Å². The second-order valence-electron chi connectivity index (χ2n) is 6.21. The van der Waals surface area contributed by atoms with Crippen LogP contribution in [0.1, 0.15) is 30.0 Å². The highest BCUT2D eigenvalue weighted by Crippen LogP contribution is 2.36. The summed E-state index contributed by atoms with van der Waals surface area (Å²) in [6.45, 7) is 6.45. The highest BCUT2D eigenvalue weighted by atomic mass is 35.5. The molecule has 2 aromatic carbocycles. The number of hydrazone groups is 1. The molecule has 2 aromatic rings. The van der Waals surface area contributed by atoms with Gasteiger partial charge in [-0.3, -0.25) is 4.79 Å². The number of carbonyl (C=O) groups is 1. The Kier molecular flexibility index (Phi) is 8.14. The Balaban J connectivity index is 1.91. The Labute approximate surface area is 170 Å². The molecule has 0 aliphatic heterocycles. The monoisotopic (exact) mass is 404 g/mol. The van der Waals surface area contributed by atoms with Crippen LogP contribution in [0.15, 0.2) is 35.4 Å². The average Bonchev–Trinajstić information content (AvgIpc) is 2.65. The van der Waals surface area contributed by atoms with Crippen LogP contribution in [0, 0.1) is 13.8 Å². The van der Waals surface area contributed by atoms with Crippen LogP contribution in [0.5, 0.6) is 17.2 Å². The smallest absolute Gasteiger partial charge is 0.236 e. The van der Waals surface area contributed by atoms with Gasteiger partial charge >= 0.3 is 0 Å². The highest BCUT2D eigenvalue weighted by molar-refractivity contribution is 6.32. The van der Waals surface area contributed by atoms with E-state index in [-0.39, 0.29) is 5.91 Å². The summed E-state index contributed by atoms with van der Waals surface area (Å²) in [5.74, 6) is 1.59. The van der Waals surface area contributed by atoms with Gasteiger partial charge in [-0.05, 0) is 48.7 Å². The number of benzene rings is 2. The molecule has 0 saturated carbocycles. The molecule has 0 saturated heterocycles. The maximum Gasteiger partial charge on any atom is 0.236 e. The van der Waals surface area contributed by atoms with E-state index in [4.69, 9.17) is 25.8 Å². The second-order valence-corrected chi connectivity index (χ2v) is 6.62. The Hall–Kier alpha value is -2.73. The summed E-state index contributed by atoms with van der Waals surface area (Å²) >= 11 is 6.32. The summed E-state index contributed by atoms with van der Waals surface area (Å²) in [5, 5.41) is 4.22. The van der Waals surface area contributed by atoms with Gasteiger partial charge in [-0.2, -0.15) is 5.10 Å². The minimum absolute atomic E-state index is 0.252. The van der Waals surface area contributed by atoms with Crippen LogP contribution in [0.2, 0.25) is 5.02 Å². The first-order chi connectivity index (χ1) is 13.4. The molecule has 1 N–H and O–H groups in total. The Morgan fingerprint density at radius 2 is 1.93 bits per heavy atom. The van der Waals surface area contributed by atoms with Crippen molar-refractivity contribution in [2.24, 2.45) is 5.10 Å². The molecule has 28 heavy (non-hydrogen) atoms. The van der Waals surface area contributed by atoms with Gasteiger partial charge in [0, 0.05) is 13.3 Å². The lowest BCUT2D eigenvalue weighted by Gasteiger charge is -2.14. The molecule has 0 spiro atoms. The fraction of sp³-hybridized carbons (Fsp3) is 0.333. The molecule has 0 bridgehead atoms. The molecule has 7 heteroatoms. The summed E-state index contributed by atoms with van der Waals surface area (Å²) in [6, 6.07) is 9.43. The van der Waals surface area contributed by atoms with Gasteiger partial charge in [0.2, 0.25) is 5.91 Å². The lowest BCUT2D eigenvalue weighted by atomic mass is 10.1. The molecule has 6 nitrogen and oxygen atoms in total. The van der Waals surface area contributed by atoms with Crippen molar-refractivity contribution in [3.8, 4) is 17.2 Å². The van der Waals surface area contributed by atoms with Gasteiger partial charge in [0.15, 0.2) is 11.5 Å². The van der Waals surface area contributed by atoms with Crippen LogP contribution in [-0.2, 0) is 4.79 Å². The molecule has 0 radical (unpaired) electrons. The number of methoxy groups -OCH3 is 1. The zero-order valence-electron chi connectivity index (χ0n) is 16.5. The first-order valence-electron chi connectivity index (χ1n) is 8.91. The van der Waals surface area contributed by atoms with Crippen molar-refractivity contribution in [1.82, 2.24) is 5.43 Å². The number of aryl methyl sites for hydroxylation is 1. The molecule has 0 unspecified atom stereocenters. The Bertz CT molecular complexity index is 853. The number of halogens is 1. The summed E-state index contributed by atoms with van der Waals surface area (Å²) in [7, 11) is 1.54. The van der Waals surface area contributed by atoms with Crippen molar-refractivity contribution < 1.29 is 19.0 Å². The lowest BCUT2D eigenvalue weighted by molar-refractivity contribution is -0.118. The van der Waals surface area contributed by atoms with E-state index in [0.717, 1.165) is 11.3 Å². The van der Waals surface area contributed by atoms with E-state index in [2.05, 4.69) is 23.5 Å². The fourth-order valence-corrected chi connectivity index (χ4v) is 2.72. The number of hydrogen-bond donors (Lipinski definition) is 1. The summed E-state index contributed by atoms with van der Waals surface area (Å²) in [5.41, 5.74) is 5.36. The summed E-state index contributed by atoms with van der Waals surface area (Å²) in [4.78, 5) is 10.9. The standard InChI is InChI=1S/C21H25ClN2O4/c1-14-7-5-8-19(15(14)2)27-9-6-10-28-21-18(22)11-17(12-20(21)26-4)13-23-24-16(3)25/h5,7-8,11-13H,6,9-10H2,1-4H3,(H,24,25)/b23-13-. The van der Waals surface area contributed by atoms with Gasteiger partial charge in [0.05, 0.1) is 31.6 Å². The fourth-order valence-electron chi connectivity index (χ4n) is 2.45. The normalized spacial score (nSPS) is 10.8. The SMILES string of the molecule is COc1cc(/C=N\NC(C)=O)cc(Cl)c1OCCCOc1cccc(C)c1C. The number of hydrogen-bond acceptors (Lipinski definition) is 5. The zero-order chi connectivity index (χ0) is 20.5. The zero-order valence-corrected chi connectivity index (χ0v) is 17.3. The van der Waals surface area contributed by atoms with E-state index in [1.807, 2.05) is 19.1 Å². The van der Waals surface area contributed by atoms with Crippen LogP contribution in [0.25, 0.3) is 0 Å². The van der Waals surface area contributed by atoms with Gasteiger partial charge in [-0.25, -0.2) is 5.43 Å². The van der Waals surface area contributed by atoms with Crippen molar-refractivity contribution in [1.29, 1.82) is 0 Å². The van der Waals surface area contributed by atoms with Gasteiger partial charge in [-0.1, -0.05) is 23.7 Å². The molecule has 2 rings (SSSR count). The minimum Gasteiger partial charge on any atom is -0.493 e. The van der Waals surface area contributed by atoms with E-state index in [9.17, 15) is 4.79 Å². The van der Waals surface area contributed by atoms with Gasteiger partial charge in [0.25, 0.3) is 0 Å². The average molecular weight is 405 g/mol. The van der Waals surface area contributed by atoms with E-state index in [0.29, 0.717) is 41.7 Å². The third kappa shape index (κ3) is 6.16. The highest BCUT2D eigenvalue weighted by Gasteiger charge is 2.12. The van der Waals surface area contributed by atoms with Crippen molar-refractivity contribution >= 4 is 23.7 Å².